The minimum absolute atomic E-state index is 0.0794. The second-order valence-electron chi connectivity index (χ2n) is 5.54. The third-order valence-corrected chi connectivity index (χ3v) is 4.09. The summed E-state index contributed by atoms with van der Waals surface area (Å²) in [5.41, 5.74) is 7.19. The van der Waals surface area contributed by atoms with Gasteiger partial charge in [0, 0.05) is 13.1 Å². The van der Waals surface area contributed by atoms with Crippen molar-refractivity contribution in [3.05, 3.63) is 35.9 Å². The van der Waals surface area contributed by atoms with Crippen molar-refractivity contribution in [1.29, 1.82) is 0 Å². The lowest BCUT2D eigenvalue weighted by Gasteiger charge is -2.32. The highest BCUT2D eigenvalue weighted by molar-refractivity contribution is 5.82. The van der Waals surface area contributed by atoms with E-state index in [2.05, 4.69) is 0 Å². The summed E-state index contributed by atoms with van der Waals surface area (Å²) >= 11 is 0. The van der Waals surface area contributed by atoms with Crippen LogP contribution in [0.3, 0.4) is 0 Å². The van der Waals surface area contributed by atoms with Crippen LogP contribution in [0, 0.1) is 0 Å². The molecule has 1 aliphatic carbocycles. The first-order valence-electron chi connectivity index (χ1n) is 7.24. The number of carbonyl (C=O) groups excluding carboxylic acids is 1. The molecule has 0 aromatic heterocycles. The Kier molecular flexibility index (Phi) is 4.97. The second kappa shape index (κ2) is 6.71. The molecule has 3 nitrogen and oxygen atoms in total. The van der Waals surface area contributed by atoms with Crippen LogP contribution in [0.25, 0.3) is 0 Å². The predicted octanol–water partition coefficient (Wildman–Crippen LogP) is 2.35. The summed E-state index contributed by atoms with van der Waals surface area (Å²) in [6.07, 6.45) is 6.64. The van der Waals surface area contributed by atoms with Crippen LogP contribution in [0.4, 0.5) is 0 Å². The van der Waals surface area contributed by atoms with Gasteiger partial charge in [0.15, 0.2) is 0 Å². The van der Waals surface area contributed by atoms with Crippen molar-refractivity contribution in [1.82, 2.24) is 4.90 Å². The molecular formula is C16H24N2O. The van der Waals surface area contributed by atoms with Crippen LogP contribution in [0.2, 0.25) is 0 Å². The van der Waals surface area contributed by atoms with Crippen molar-refractivity contribution in [3.8, 4) is 0 Å². The highest BCUT2D eigenvalue weighted by Crippen LogP contribution is 2.22. The van der Waals surface area contributed by atoms with Gasteiger partial charge in [-0.2, -0.15) is 0 Å². The van der Waals surface area contributed by atoms with E-state index in [1.807, 2.05) is 42.3 Å². The highest BCUT2D eigenvalue weighted by Gasteiger charge is 2.25. The summed E-state index contributed by atoms with van der Waals surface area (Å²) in [6.45, 7) is 0. The molecule has 0 saturated heterocycles. The van der Waals surface area contributed by atoms with Crippen LogP contribution >= 0.6 is 0 Å². The second-order valence-corrected chi connectivity index (χ2v) is 5.54. The van der Waals surface area contributed by atoms with Gasteiger partial charge < -0.3 is 10.6 Å². The van der Waals surface area contributed by atoms with Crippen LogP contribution in [-0.2, 0) is 11.2 Å². The summed E-state index contributed by atoms with van der Waals surface area (Å²) in [6, 6.07) is 9.96. The number of benzene rings is 1. The van der Waals surface area contributed by atoms with Gasteiger partial charge in [0.2, 0.25) is 5.91 Å². The van der Waals surface area contributed by atoms with Crippen molar-refractivity contribution < 1.29 is 4.79 Å². The summed E-state index contributed by atoms with van der Waals surface area (Å²) in [5, 5.41) is 0. The lowest BCUT2D eigenvalue weighted by atomic mass is 9.94. The minimum atomic E-state index is -0.422. The van der Waals surface area contributed by atoms with E-state index in [1.165, 1.54) is 19.3 Å². The van der Waals surface area contributed by atoms with Gasteiger partial charge in [0.1, 0.15) is 0 Å². The van der Waals surface area contributed by atoms with Crippen LogP contribution in [0.5, 0.6) is 0 Å². The molecule has 2 N–H and O–H groups in total. The summed E-state index contributed by atoms with van der Waals surface area (Å²) < 4.78 is 0. The normalized spacial score (nSPS) is 18.0. The Bertz CT molecular complexity index is 398. The van der Waals surface area contributed by atoms with Crippen molar-refractivity contribution in [2.45, 2.75) is 50.6 Å². The molecule has 0 unspecified atom stereocenters. The van der Waals surface area contributed by atoms with Gasteiger partial charge in [-0.15, -0.1) is 0 Å². The van der Waals surface area contributed by atoms with Crippen LogP contribution in [-0.4, -0.2) is 29.9 Å². The molecule has 1 aromatic carbocycles. The van der Waals surface area contributed by atoms with E-state index in [0.717, 1.165) is 18.4 Å². The molecule has 1 aromatic rings. The largest absolute Gasteiger partial charge is 0.341 e. The number of rotatable bonds is 4. The minimum Gasteiger partial charge on any atom is -0.341 e. The Morgan fingerprint density at radius 1 is 1.26 bits per heavy atom. The van der Waals surface area contributed by atoms with Gasteiger partial charge >= 0.3 is 0 Å². The molecule has 1 fully saturated rings. The first kappa shape index (κ1) is 14.1. The molecule has 104 valence electrons. The fourth-order valence-electron chi connectivity index (χ4n) is 2.87. The molecular weight excluding hydrogens is 236 g/mol. The molecule has 0 radical (unpaired) electrons. The Morgan fingerprint density at radius 3 is 2.53 bits per heavy atom. The molecule has 1 amide bonds. The van der Waals surface area contributed by atoms with Crippen molar-refractivity contribution in [2.75, 3.05) is 7.05 Å². The van der Waals surface area contributed by atoms with Gasteiger partial charge in [-0.3, -0.25) is 4.79 Å². The van der Waals surface area contributed by atoms with E-state index in [9.17, 15) is 4.79 Å². The molecule has 19 heavy (non-hydrogen) atoms. The SMILES string of the molecule is CN(C(=O)[C@@H](N)Cc1ccccc1)C1CCCCC1. The zero-order valence-corrected chi connectivity index (χ0v) is 11.7. The summed E-state index contributed by atoms with van der Waals surface area (Å²) in [7, 11) is 1.91. The van der Waals surface area contributed by atoms with Gasteiger partial charge in [-0.1, -0.05) is 49.6 Å². The van der Waals surface area contributed by atoms with E-state index in [0.29, 0.717) is 12.5 Å². The maximum absolute atomic E-state index is 12.3. The van der Waals surface area contributed by atoms with Gasteiger partial charge in [0.25, 0.3) is 0 Å². The number of hydrogen-bond donors (Lipinski definition) is 1. The molecule has 1 aliphatic rings. The quantitative estimate of drug-likeness (QED) is 0.903. The third kappa shape index (κ3) is 3.80. The number of nitrogens with zero attached hydrogens (tertiary/aromatic N) is 1. The Morgan fingerprint density at radius 2 is 1.89 bits per heavy atom. The molecule has 1 saturated carbocycles. The van der Waals surface area contributed by atoms with Gasteiger partial charge in [-0.05, 0) is 24.8 Å². The number of likely N-dealkylation sites (N-methyl/N-ethyl adjacent to an activating group) is 1. The Balaban J connectivity index is 1.90. The topological polar surface area (TPSA) is 46.3 Å². The zero-order valence-electron chi connectivity index (χ0n) is 11.7. The first-order chi connectivity index (χ1) is 9.18. The number of nitrogens with two attached hydrogens (primary N) is 1. The standard InChI is InChI=1S/C16H24N2O/c1-18(14-10-6-3-7-11-14)16(19)15(17)12-13-8-4-2-5-9-13/h2,4-5,8-9,14-15H,3,6-7,10-12,17H2,1H3/t15-/m0/s1. The lowest BCUT2D eigenvalue weighted by molar-refractivity contribution is -0.133. The smallest absolute Gasteiger partial charge is 0.239 e. The van der Waals surface area contributed by atoms with E-state index in [-0.39, 0.29) is 5.91 Å². The lowest BCUT2D eigenvalue weighted by Crippen LogP contribution is -2.48. The van der Waals surface area contributed by atoms with Crippen LogP contribution < -0.4 is 5.73 Å². The maximum atomic E-state index is 12.3. The predicted molar refractivity (Wildman–Crippen MR) is 77.8 cm³/mol. The van der Waals surface area contributed by atoms with Gasteiger partial charge in [0.05, 0.1) is 6.04 Å². The van der Waals surface area contributed by atoms with E-state index in [4.69, 9.17) is 5.73 Å². The van der Waals surface area contributed by atoms with Crippen molar-refractivity contribution in [3.63, 3.8) is 0 Å². The van der Waals surface area contributed by atoms with E-state index < -0.39 is 6.04 Å². The summed E-state index contributed by atoms with van der Waals surface area (Å²) in [5.74, 6) is 0.0794. The average Bonchev–Trinajstić information content (AvgIpc) is 2.47. The number of amides is 1. The monoisotopic (exact) mass is 260 g/mol. The fourth-order valence-corrected chi connectivity index (χ4v) is 2.87. The Labute approximate surface area is 115 Å². The fraction of sp³-hybridized carbons (Fsp3) is 0.562. The molecule has 1 atom stereocenters. The zero-order chi connectivity index (χ0) is 13.7. The van der Waals surface area contributed by atoms with E-state index >= 15 is 0 Å². The van der Waals surface area contributed by atoms with Crippen LogP contribution in [0.1, 0.15) is 37.7 Å². The molecule has 0 aliphatic heterocycles. The summed E-state index contributed by atoms with van der Waals surface area (Å²) in [4.78, 5) is 14.2. The van der Waals surface area contributed by atoms with Crippen molar-refractivity contribution in [2.24, 2.45) is 5.73 Å². The highest BCUT2D eigenvalue weighted by atomic mass is 16.2. The molecule has 0 bridgehead atoms. The third-order valence-electron chi connectivity index (χ3n) is 4.09. The number of carbonyl (C=O) groups is 1. The first-order valence-corrected chi connectivity index (χ1v) is 7.24. The maximum Gasteiger partial charge on any atom is 0.239 e. The molecule has 0 spiro atoms. The van der Waals surface area contributed by atoms with E-state index in [1.54, 1.807) is 0 Å². The molecule has 3 heteroatoms. The molecule has 0 heterocycles. The number of hydrogen-bond acceptors (Lipinski definition) is 2. The Hall–Kier alpha value is -1.35. The molecule has 2 rings (SSSR count). The van der Waals surface area contributed by atoms with Crippen molar-refractivity contribution >= 4 is 5.91 Å². The average molecular weight is 260 g/mol. The van der Waals surface area contributed by atoms with Gasteiger partial charge in [-0.25, -0.2) is 0 Å². The van der Waals surface area contributed by atoms with Crippen LogP contribution in [0.15, 0.2) is 30.3 Å².